The minimum atomic E-state index is -3.72. The smallest absolute Gasteiger partial charge is 0.241 e. The number of benzene rings is 1. The lowest BCUT2D eigenvalue weighted by molar-refractivity contribution is -0.124. The number of hydrogen-bond acceptors (Lipinski definition) is 3. The van der Waals surface area contributed by atoms with E-state index in [1.54, 1.807) is 24.3 Å². The minimum absolute atomic E-state index is 0.131. The third kappa shape index (κ3) is 5.05. The molecule has 1 saturated carbocycles. The van der Waals surface area contributed by atoms with Crippen LogP contribution in [0.1, 0.15) is 51.5 Å². The second-order valence-electron chi connectivity index (χ2n) is 7.00. The molecule has 0 aliphatic heterocycles. The molecule has 1 amide bonds. The summed E-state index contributed by atoms with van der Waals surface area (Å²) in [6.45, 7) is 5.60. The first-order valence-electron chi connectivity index (χ1n) is 8.69. The van der Waals surface area contributed by atoms with Gasteiger partial charge in [0.1, 0.15) is 6.04 Å². The van der Waals surface area contributed by atoms with Crippen LogP contribution in [0.15, 0.2) is 29.2 Å². The maximum atomic E-state index is 12.6. The molecule has 0 bridgehead atoms. The number of carbonyl (C=O) groups excluding carboxylic acids is 1. The molecule has 0 heterocycles. The van der Waals surface area contributed by atoms with Gasteiger partial charge < -0.3 is 5.32 Å². The molecule has 6 heteroatoms. The topological polar surface area (TPSA) is 75.3 Å². The normalized spacial score (nSPS) is 17.7. The highest BCUT2D eigenvalue weighted by Gasteiger charge is 2.29. The summed E-state index contributed by atoms with van der Waals surface area (Å²) in [4.78, 5) is 12.8. The zero-order valence-corrected chi connectivity index (χ0v) is 15.5. The van der Waals surface area contributed by atoms with E-state index in [-0.39, 0.29) is 22.8 Å². The molecule has 5 nitrogen and oxygen atoms in total. The van der Waals surface area contributed by atoms with Gasteiger partial charge in [0.15, 0.2) is 0 Å². The van der Waals surface area contributed by atoms with E-state index in [0.29, 0.717) is 0 Å². The first-order chi connectivity index (χ1) is 11.3. The van der Waals surface area contributed by atoms with Gasteiger partial charge >= 0.3 is 0 Å². The fourth-order valence-corrected chi connectivity index (χ4v) is 4.33. The molecule has 0 radical (unpaired) electrons. The molecule has 0 unspecified atom stereocenters. The lowest BCUT2D eigenvalue weighted by Gasteiger charge is -2.27. The molecule has 0 saturated heterocycles. The highest BCUT2D eigenvalue weighted by Crippen LogP contribution is 2.18. The molecule has 1 aliphatic rings. The van der Waals surface area contributed by atoms with Crippen molar-refractivity contribution >= 4 is 15.9 Å². The maximum absolute atomic E-state index is 12.6. The molecule has 2 N–H and O–H groups in total. The minimum Gasteiger partial charge on any atom is -0.352 e. The highest BCUT2D eigenvalue weighted by atomic mass is 32.2. The Labute approximate surface area is 145 Å². The molecular formula is C18H28N2O3S. The number of aryl methyl sites for hydroxylation is 1. The van der Waals surface area contributed by atoms with E-state index in [1.165, 1.54) is 6.42 Å². The Bertz CT molecular complexity index is 647. The van der Waals surface area contributed by atoms with E-state index in [1.807, 2.05) is 20.8 Å². The Morgan fingerprint density at radius 2 is 1.67 bits per heavy atom. The first kappa shape index (κ1) is 18.9. The van der Waals surface area contributed by atoms with Crippen molar-refractivity contribution in [3.05, 3.63) is 29.8 Å². The third-order valence-electron chi connectivity index (χ3n) is 4.51. The van der Waals surface area contributed by atoms with Crippen LogP contribution >= 0.6 is 0 Å². The highest BCUT2D eigenvalue weighted by molar-refractivity contribution is 7.89. The van der Waals surface area contributed by atoms with Crippen LogP contribution in [0.5, 0.6) is 0 Å². The molecule has 1 aromatic rings. The summed E-state index contributed by atoms with van der Waals surface area (Å²) >= 11 is 0. The summed E-state index contributed by atoms with van der Waals surface area (Å²) in [5, 5.41) is 3.02. The average molecular weight is 353 g/mol. The number of rotatable bonds is 6. The summed E-state index contributed by atoms with van der Waals surface area (Å²) in [5.74, 6) is -0.360. The van der Waals surface area contributed by atoms with Crippen LogP contribution in [0.4, 0.5) is 0 Å². The molecule has 1 fully saturated rings. The van der Waals surface area contributed by atoms with Crippen molar-refractivity contribution in [1.29, 1.82) is 0 Å². The van der Waals surface area contributed by atoms with Crippen LogP contribution in [0.25, 0.3) is 0 Å². The summed E-state index contributed by atoms with van der Waals surface area (Å²) < 4.78 is 27.7. The molecule has 1 aromatic carbocycles. The van der Waals surface area contributed by atoms with Gasteiger partial charge in [-0.2, -0.15) is 4.72 Å². The number of amides is 1. The SMILES string of the molecule is Cc1ccc(S(=O)(=O)N[C@@H](C(=O)NC2CCCCC2)C(C)C)cc1. The fraction of sp³-hybridized carbons (Fsp3) is 0.611. The van der Waals surface area contributed by atoms with E-state index in [4.69, 9.17) is 0 Å². The Morgan fingerprint density at radius 3 is 2.21 bits per heavy atom. The van der Waals surface area contributed by atoms with E-state index < -0.39 is 16.1 Å². The van der Waals surface area contributed by atoms with Crippen LogP contribution in [0.3, 0.4) is 0 Å². The van der Waals surface area contributed by atoms with Crippen molar-refractivity contribution in [2.75, 3.05) is 0 Å². The zero-order valence-electron chi connectivity index (χ0n) is 14.7. The van der Waals surface area contributed by atoms with Crippen molar-refractivity contribution in [2.24, 2.45) is 5.92 Å². The standard InChI is InChI=1S/C18H28N2O3S/c1-13(2)17(18(21)19-15-7-5-4-6-8-15)20-24(22,23)16-11-9-14(3)10-12-16/h9-13,15,17,20H,4-8H2,1-3H3,(H,19,21)/t17-/m1/s1. The van der Waals surface area contributed by atoms with Gasteiger partial charge in [-0.15, -0.1) is 0 Å². The van der Waals surface area contributed by atoms with Gasteiger partial charge in [-0.1, -0.05) is 50.8 Å². The lowest BCUT2D eigenvalue weighted by atomic mass is 9.94. The summed E-state index contributed by atoms with van der Waals surface area (Å²) in [5.41, 5.74) is 0.990. The molecular weight excluding hydrogens is 324 g/mol. The molecule has 24 heavy (non-hydrogen) atoms. The quantitative estimate of drug-likeness (QED) is 0.826. The third-order valence-corrected chi connectivity index (χ3v) is 5.97. The van der Waals surface area contributed by atoms with Gasteiger partial charge in [-0.25, -0.2) is 8.42 Å². The Hall–Kier alpha value is -1.40. The van der Waals surface area contributed by atoms with Crippen molar-refractivity contribution in [3.63, 3.8) is 0 Å². The Kier molecular flexibility index (Phi) is 6.40. The summed E-state index contributed by atoms with van der Waals surface area (Å²) in [6.07, 6.45) is 5.39. The molecule has 1 atom stereocenters. The molecule has 0 aromatic heterocycles. The molecule has 2 rings (SSSR count). The van der Waals surface area contributed by atoms with E-state index in [9.17, 15) is 13.2 Å². The largest absolute Gasteiger partial charge is 0.352 e. The van der Waals surface area contributed by atoms with E-state index in [0.717, 1.165) is 31.2 Å². The number of sulfonamides is 1. The maximum Gasteiger partial charge on any atom is 0.241 e. The first-order valence-corrected chi connectivity index (χ1v) is 10.2. The predicted molar refractivity (Wildman–Crippen MR) is 95.1 cm³/mol. The number of nitrogens with one attached hydrogen (secondary N) is 2. The zero-order chi connectivity index (χ0) is 17.7. The predicted octanol–water partition coefficient (Wildman–Crippen LogP) is 2.75. The van der Waals surface area contributed by atoms with Gasteiger partial charge in [0.2, 0.25) is 15.9 Å². The van der Waals surface area contributed by atoms with Gasteiger partial charge in [-0.05, 0) is 37.8 Å². The van der Waals surface area contributed by atoms with Crippen LogP contribution in [0.2, 0.25) is 0 Å². The summed E-state index contributed by atoms with van der Waals surface area (Å²) in [6, 6.07) is 6.03. The Morgan fingerprint density at radius 1 is 1.08 bits per heavy atom. The van der Waals surface area contributed by atoms with Crippen molar-refractivity contribution in [1.82, 2.24) is 10.0 Å². The Balaban J connectivity index is 2.09. The summed E-state index contributed by atoms with van der Waals surface area (Å²) in [7, 11) is -3.72. The average Bonchev–Trinajstić information content (AvgIpc) is 2.53. The van der Waals surface area contributed by atoms with Crippen molar-refractivity contribution in [2.45, 2.75) is 69.9 Å². The molecule has 1 aliphatic carbocycles. The molecule has 0 spiro atoms. The fourth-order valence-electron chi connectivity index (χ4n) is 2.98. The van der Waals surface area contributed by atoms with Gasteiger partial charge in [-0.3, -0.25) is 4.79 Å². The van der Waals surface area contributed by atoms with Crippen LogP contribution < -0.4 is 10.0 Å². The van der Waals surface area contributed by atoms with E-state index in [2.05, 4.69) is 10.0 Å². The number of carbonyl (C=O) groups is 1. The van der Waals surface area contributed by atoms with Gasteiger partial charge in [0.25, 0.3) is 0 Å². The van der Waals surface area contributed by atoms with Crippen LogP contribution in [-0.4, -0.2) is 26.4 Å². The number of hydrogen-bond donors (Lipinski definition) is 2. The van der Waals surface area contributed by atoms with Crippen molar-refractivity contribution < 1.29 is 13.2 Å². The second-order valence-corrected chi connectivity index (χ2v) is 8.71. The van der Waals surface area contributed by atoms with Crippen molar-refractivity contribution in [3.8, 4) is 0 Å². The van der Waals surface area contributed by atoms with Crippen LogP contribution in [-0.2, 0) is 14.8 Å². The van der Waals surface area contributed by atoms with Gasteiger partial charge in [0, 0.05) is 6.04 Å². The molecule has 134 valence electrons. The lowest BCUT2D eigenvalue weighted by Crippen LogP contribution is -2.52. The monoisotopic (exact) mass is 352 g/mol. The van der Waals surface area contributed by atoms with Gasteiger partial charge in [0.05, 0.1) is 4.90 Å². The van der Waals surface area contributed by atoms with E-state index >= 15 is 0 Å². The second kappa shape index (κ2) is 8.12. The van der Waals surface area contributed by atoms with Crippen LogP contribution in [0, 0.1) is 12.8 Å².